The van der Waals surface area contributed by atoms with Crippen LogP contribution >= 0.6 is 0 Å². The summed E-state index contributed by atoms with van der Waals surface area (Å²) < 4.78 is 0. The Morgan fingerprint density at radius 1 is 1.06 bits per heavy atom. The second-order valence-electron chi connectivity index (χ2n) is 8.54. The Kier molecular flexibility index (Phi) is 3.60. The van der Waals surface area contributed by atoms with Crippen molar-refractivity contribution in [1.29, 1.82) is 0 Å². The van der Waals surface area contributed by atoms with Crippen molar-refractivity contribution in [2.45, 2.75) is 85.2 Å². The summed E-state index contributed by atoms with van der Waals surface area (Å²) in [5, 5.41) is 10.2. The molecule has 2 aliphatic rings. The second-order valence-corrected chi connectivity index (χ2v) is 8.54. The minimum Gasteiger partial charge on any atom is -0.390 e. The lowest BCUT2D eigenvalue weighted by molar-refractivity contribution is -0.0950. The van der Waals surface area contributed by atoms with E-state index in [-0.39, 0.29) is 0 Å². The van der Waals surface area contributed by atoms with Crippen LogP contribution in [0.3, 0.4) is 0 Å². The van der Waals surface area contributed by atoms with Crippen LogP contribution in [0.1, 0.15) is 79.6 Å². The molecule has 0 aliphatic heterocycles. The molecular weight excluding hydrogens is 220 g/mol. The second kappa shape index (κ2) is 4.51. The minimum atomic E-state index is -0.503. The van der Waals surface area contributed by atoms with Crippen molar-refractivity contribution in [3.05, 3.63) is 0 Å². The summed E-state index contributed by atoms with van der Waals surface area (Å²) in [4.78, 5) is 0. The first-order valence-electron chi connectivity index (χ1n) is 7.88. The van der Waals surface area contributed by atoms with Gasteiger partial charge < -0.3 is 5.11 Å². The molecule has 1 heteroatoms. The molecule has 3 atom stereocenters. The van der Waals surface area contributed by atoms with Gasteiger partial charge in [0.25, 0.3) is 0 Å². The van der Waals surface area contributed by atoms with Crippen LogP contribution in [0.4, 0.5) is 0 Å². The molecule has 0 amide bonds. The van der Waals surface area contributed by atoms with Gasteiger partial charge in [0.2, 0.25) is 0 Å². The first-order valence-corrected chi connectivity index (χ1v) is 7.88. The summed E-state index contributed by atoms with van der Waals surface area (Å²) >= 11 is 0. The van der Waals surface area contributed by atoms with E-state index >= 15 is 0 Å². The van der Waals surface area contributed by atoms with Gasteiger partial charge in [0.1, 0.15) is 0 Å². The maximum atomic E-state index is 10.2. The van der Waals surface area contributed by atoms with E-state index < -0.39 is 5.60 Å². The van der Waals surface area contributed by atoms with E-state index in [9.17, 15) is 5.11 Å². The van der Waals surface area contributed by atoms with Gasteiger partial charge in [-0.2, -0.15) is 0 Å². The van der Waals surface area contributed by atoms with Crippen LogP contribution in [0.2, 0.25) is 0 Å². The quantitative estimate of drug-likeness (QED) is 0.750. The fourth-order valence-corrected chi connectivity index (χ4v) is 5.21. The first-order chi connectivity index (χ1) is 8.15. The molecule has 0 bridgehead atoms. The monoisotopic (exact) mass is 252 g/mol. The van der Waals surface area contributed by atoms with Crippen LogP contribution in [0.5, 0.6) is 0 Å². The lowest BCUT2D eigenvalue weighted by atomic mass is 9.47. The van der Waals surface area contributed by atoms with Crippen molar-refractivity contribution < 1.29 is 5.11 Å². The smallest absolute Gasteiger partial charge is 0.0594 e. The van der Waals surface area contributed by atoms with Gasteiger partial charge in [-0.05, 0) is 68.6 Å². The predicted octanol–water partition coefficient (Wildman–Crippen LogP) is 4.78. The van der Waals surface area contributed by atoms with Crippen LogP contribution in [-0.4, -0.2) is 10.7 Å². The van der Waals surface area contributed by atoms with E-state index in [0.717, 1.165) is 18.3 Å². The van der Waals surface area contributed by atoms with Crippen LogP contribution < -0.4 is 0 Å². The van der Waals surface area contributed by atoms with Crippen LogP contribution in [-0.2, 0) is 0 Å². The molecule has 2 rings (SSSR count). The molecule has 0 radical (unpaired) electrons. The van der Waals surface area contributed by atoms with Crippen molar-refractivity contribution in [2.75, 3.05) is 0 Å². The lowest BCUT2D eigenvalue weighted by Crippen LogP contribution is -2.50. The van der Waals surface area contributed by atoms with E-state index in [1.54, 1.807) is 0 Å². The highest BCUT2D eigenvalue weighted by atomic mass is 16.3. The molecular formula is C17H32O. The molecule has 0 aromatic carbocycles. The van der Waals surface area contributed by atoms with Gasteiger partial charge in [0, 0.05) is 0 Å². The van der Waals surface area contributed by atoms with Crippen LogP contribution in [0, 0.1) is 22.7 Å². The largest absolute Gasteiger partial charge is 0.390 e. The molecule has 0 saturated heterocycles. The number of aliphatic hydroxyl groups is 1. The van der Waals surface area contributed by atoms with E-state index in [0.29, 0.717) is 10.8 Å². The third kappa shape index (κ3) is 2.61. The highest BCUT2D eigenvalue weighted by Gasteiger charge is 2.52. The van der Waals surface area contributed by atoms with Gasteiger partial charge in [0.05, 0.1) is 5.60 Å². The Bertz CT molecular complexity index is 299. The summed E-state index contributed by atoms with van der Waals surface area (Å²) in [7, 11) is 0. The molecule has 18 heavy (non-hydrogen) atoms. The lowest BCUT2D eigenvalue weighted by Gasteiger charge is -2.58. The fourth-order valence-electron chi connectivity index (χ4n) is 5.21. The summed E-state index contributed by atoms with van der Waals surface area (Å²) in [5.74, 6) is 1.58. The first kappa shape index (κ1) is 14.4. The van der Waals surface area contributed by atoms with Gasteiger partial charge >= 0.3 is 0 Å². The van der Waals surface area contributed by atoms with Gasteiger partial charge in [-0.25, -0.2) is 0 Å². The molecule has 1 N–H and O–H groups in total. The topological polar surface area (TPSA) is 20.2 Å². The molecule has 0 aromatic heterocycles. The molecule has 0 heterocycles. The highest BCUT2D eigenvalue weighted by molar-refractivity contribution is 5.02. The van der Waals surface area contributed by atoms with Crippen molar-refractivity contribution in [3.8, 4) is 0 Å². The minimum absolute atomic E-state index is 0.472. The zero-order chi connectivity index (χ0) is 13.6. The normalized spacial score (nSPS) is 40.3. The molecule has 106 valence electrons. The zero-order valence-electron chi connectivity index (χ0n) is 13.1. The van der Waals surface area contributed by atoms with Crippen LogP contribution in [0.25, 0.3) is 0 Å². The number of rotatable bonds is 2. The third-order valence-electron chi connectivity index (χ3n) is 6.00. The standard InChI is InChI=1S/C17H32O/c1-15(2)10-7-11-17(5)13(12-16(3,4)18)8-6-9-14(15)17/h13-14,18H,6-12H2,1-5H3. The zero-order valence-corrected chi connectivity index (χ0v) is 13.1. The van der Waals surface area contributed by atoms with E-state index in [1.165, 1.54) is 38.5 Å². The predicted molar refractivity (Wildman–Crippen MR) is 77.5 cm³/mol. The Morgan fingerprint density at radius 2 is 1.72 bits per heavy atom. The van der Waals surface area contributed by atoms with Crippen molar-refractivity contribution in [3.63, 3.8) is 0 Å². The Balaban J connectivity index is 2.23. The summed E-state index contributed by atoms with van der Waals surface area (Å²) in [6.45, 7) is 11.4. The highest BCUT2D eigenvalue weighted by Crippen LogP contribution is 2.60. The van der Waals surface area contributed by atoms with Crippen molar-refractivity contribution >= 4 is 0 Å². The van der Waals surface area contributed by atoms with Gasteiger partial charge in [-0.15, -0.1) is 0 Å². The molecule has 2 aliphatic carbocycles. The molecule has 3 unspecified atom stereocenters. The summed E-state index contributed by atoms with van der Waals surface area (Å²) in [6, 6.07) is 0. The Hall–Kier alpha value is -0.0400. The molecule has 2 saturated carbocycles. The maximum absolute atomic E-state index is 10.2. The Labute approximate surface area is 113 Å². The molecule has 0 spiro atoms. The van der Waals surface area contributed by atoms with E-state index in [2.05, 4.69) is 20.8 Å². The number of fused-ring (bicyclic) bond motifs is 1. The van der Waals surface area contributed by atoms with Crippen molar-refractivity contribution in [2.24, 2.45) is 22.7 Å². The molecule has 1 nitrogen and oxygen atoms in total. The van der Waals surface area contributed by atoms with Crippen molar-refractivity contribution in [1.82, 2.24) is 0 Å². The number of hydrogen-bond donors (Lipinski definition) is 1. The average Bonchev–Trinajstić information content (AvgIpc) is 2.17. The molecule has 2 fully saturated rings. The van der Waals surface area contributed by atoms with Gasteiger partial charge in [-0.1, -0.05) is 33.6 Å². The van der Waals surface area contributed by atoms with Crippen LogP contribution in [0.15, 0.2) is 0 Å². The molecule has 0 aromatic rings. The van der Waals surface area contributed by atoms with E-state index in [1.807, 2.05) is 13.8 Å². The van der Waals surface area contributed by atoms with Gasteiger partial charge in [0.15, 0.2) is 0 Å². The average molecular weight is 252 g/mol. The maximum Gasteiger partial charge on any atom is 0.0594 e. The third-order valence-corrected chi connectivity index (χ3v) is 6.00. The fraction of sp³-hybridized carbons (Fsp3) is 1.00. The SMILES string of the molecule is CC(C)(O)CC1CCCC2C(C)(C)CCCC12C. The van der Waals surface area contributed by atoms with Gasteiger partial charge in [-0.3, -0.25) is 0 Å². The number of hydrogen-bond acceptors (Lipinski definition) is 1. The summed E-state index contributed by atoms with van der Waals surface area (Å²) in [5.41, 5.74) is 0.475. The van der Waals surface area contributed by atoms with E-state index in [4.69, 9.17) is 0 Å². The Morgan fingerprint density at radius 3 is 2.33 bits per heavy atom. The summed E-state index contributed by atoms with van der Waals surface area (Å²) in [6.07, 6.45) is 9.23.